The van der Waals surface area contributed by atoms with Crippen LogP contribution in [0.5, 0.6) is 0 Å². The van der Waals surface area contributed by atoms with Crippen LogP contribution in [0.1, 0.15) is 39.2 Å². The second-order valence-electron chi connectivity index (χ2n) is 6.35. The minimum absolute atomic E-state index is 0.0924. The van der Waals surface area contributed by atoms with Crippen molar-refractivity contribution in [1.82, 2.24) is 5.32 Å². The second-order valence-corrected chi connectivity index (χ2v) is 8.43. The maximum Gasteiger partial charge on any atom is 0.519 e. The van der Waals surface area contributed by atoms with Crippen molar-refractivity contribution in [3.8, 4) is 0 Å². The SMILES string of the molecule is Cc1oc(=O)oc1COC(=O)SC[C@H](NC(=O)C(C)(C)S)C(=O)OC(C)C. The third kappa shape index (κ3) is 8.12. The molecule has 0 radical (unpaired) electrons. The van der Waals surface area contributed by atoms with Crippen molar-refractivity contribution in [1.29, 1.82) is 0 Å². The van der Waals surface area contributed by atoms with E-state index in [9.17, 15) is 19.2 Å². The zero-order chi connectivity index (χ0) is 20.8. The average Bonchev–Trinajstić information content (AvgIpc) is 2.84. The zero-order valence-corrected chi connectivity index (χ0v) is 17.4. The molecule has 0 aliphatic heterocycles. The first-order chi connectivity index (χ1) is 12.4. The molecule has 0 saturated heterocycles. The second kappa shape index (κ2) is 9.88. The van der Waals surface area contributed by atoms with Crippen LogP contribution >= 0.6 is 24.4 Å². The Morgan fingerprint density at radius 1 is 1.26 bits per heavy atom. The van der Waals surface area contributed by atoms with E-state index in [0.29, 0.717) is 11.8 Å². The molecular weight excluding hydrogens is 398 g/mol. The Morgan fingerprint density at radius 3 is 2.37 bits per heavy atom. The Morgan fingerprint density at radius 2 is 1.89 bits per heavy atom. The average molecular weight is 421 g/mol. The molecule has 152 valence electrons. The van der Waals surface area contributed by atoms with Crippen molar-refractivity contribution in [3.05, 3.63) is 22.1 Å². The maximum absolute atomic E-state index is 12.2. The fourth-order valence-corrected chi connectivity index (χ4v) is 2.37. The molecule has 0 aliphatic carbocycles. The van der Waals surface area contributed by atoms with Crippen LogP contribution in [0, 0.1) is 6.92 Å². The highest BCUT2D eigenvalue weighted by Crippen LogP contribution is 2.16. The van der Waals surface area contributed by atoms with Crippen LogP contribution in [0.2, 0.25) is 0 Å². The van der Waals surface area contributed by atoms with Gasteiger partial charge in [-0.1, -0.05) is 0 Å². The lowest BCUT2D eigenvalue weighted by molar-refractivity contribution is -0.150. The number of carbonyl (C=O) groups excluding carboxylic acids is 3. The fourth-order valence-electron chi connectivity index (χ4n) is 1.64. The molecule has 1 rings (SSSR count). The molecular formula is C16H23NO8S2. The topological polar surface area (TPSA) is 125 Å². The molecule has 0 unspecified atom stereocenters. The van der Waals surface area contributed by atoms with Gasteiger partial charge in [0, 0.05) is 5.75 Å². The van der Waals surface area contributed by atoms with E-state index in [-0.39, 0.29) is 30.0 Å². The summed E-state index contributed by atoms with van der Waals surface area (Å²) >= 11 is 4.82. The lowest BCUT2D eigenvalue weighted by atomic mass is 10.2. The molecule has 9 nitrogen and oxygen atoms in total. The van der Waals surface area contributed by atoms with Crippen LogP contribution in [-0.4, -0.2) is 39.8 Å². The first-order valence-corrected chi connectivity index (χ1v) is 9.46. The Hall–Kier alpha value is -1.88. The van der Waals surface area contributed by atoms with Gasteiger partial charge in [0.1, 0.15) is 6.04 Å². The first-order valence-electron chi connectivity index (χ1n) is 8.03. The number of hydrogen-bond donors (Lipinski definition) is 2. The van der Waals surface area contributed by atoms with Crippen molar-refractivity contribution in [3.63, 3.8) is 0 Å². The Labute approximate surface area is 165 Å². The summed E-state index contributed by atoms with van der Waals surface area (Å²) in [6.45, 7) is 7.68. The number of carbonyl (C=O) groups is 3. The van der Waals surface area contributed by atoms with E-state index in [0.717, 1.165) is 0 Å². The number of thiol groups is 1. The van der Waals surface area contributed by atoms with E-state index in [1.54, 1.807) is 27.7 Å². The largest absolute Gasteiger partial charge is 0.519 e. The molecule has 0 bridgehead atoms. The predicted octanol–water partition coefficient (Wildman–Crippen LogP) is 2.06. The molecule has 27 heavy (non-hydrogen) atoms. The Balaban J connectivity index is 2.64. The summed E-state index contributed by atoms with van der Waals surface area (Å²) < 4.78 is 18.4. The van der Waals surface area contributed by atoms with Crippen LogP contribution in [-0.2, 0) is 25.7 Å². The number of thioether (sulfide) groups is 1. The van der Waals surface area contributed by atoms with Gasteiger partial charge in [-0.15, -0.1) is 0 Å². The smallest absolute Gasteiger partial charge is 0.461 e. The number of hydrogen-bond acceptors (Lipinski definition) is 10. The number of nitrogens with one attached hydrogen (secondary N) is 1. The monoisotopic (exact) mass is 421 g/mol. The molecule has 0 fully saturated rings. The van der Waals surface area contributed by atoms with Gasteiger partial charge in [-0.25, -0.2) is 14.4 Å². The fraction of sp³-hybridized carbons (Fsp3) is 0.625. The maximum atomic E-state index is 12.2. The zero-order valence-electron chi connectivity index (χ0n) is 15.7. The van der Waals surface area contributed by atoms with E-state index >= 15 is 0 Å². The van der Waals surface area contributed by atoms with Gasteiger partial charge in [-0.05, 0) is 46.4 Å². The molecule has 0 aliphatic rings. The summed E-state index contributed by atoms with van der Waals surface area (Å²) in [5.74, 6) is -1.85. The van der Waals surface area contributed by atoms with Crippen molar-refractivity contribution in [2.45, 2.75) is 58.1 Å². The van der Waals surface area contributed by atoms with Crippen molar-refractivity contribution >= 4 is 41.6 Å². The third-order valence-corrected chi connectivity index (χ3v) is 4.08. The van der Waals surface area contributed by atoms with E-state index in [4.69, 9.17) is 13.9 Å². The van der Waals surface area contributed by atoms with Gasteiger partial charge in [-0.3, -0.25) is 4.79 Å². The van der Waals surface area contributed by atoms with Crippen molar-refractivity contribution < 1.29 is 32.7 Å². The summed E-state index contributed by atoms with van der Waals surface area (Å²) in [4.78, 5) is 47.1. The molecule has 1 amide bonds. The predicted molar refractivity (Wildman–Crippen MR) is 101 cm³/mol. The molecule has 1 heterocycles. The number of ether oxygens (including phenoxy) is 2. The molecule has 1 aromatic heterocycles. The van der Waals surface area contributed by atoms with Gasteiger partial charge >= 0.3 is 17.1 Å². The van der Waals surface area contributed by atoms with Gasteiger partial charge in [0.2, 0.25) is 5.91 Å². The lowest BCUT2D eigenvalue weighted by Gasteiger charge is -2.23. The third-order valence-electron chi connectivity index (χ3n) is 3.02. The molecule has 0 saturated carbocycles. The molecule has 1 atom stereocenters. The van der Waals surface area contributed by atoms with Gasteiger partial charge in [-0.2, -0.15) is 12.6 Å². The number of amides is 1. The summed E-state index contributed by atoms with van der Waals surface area (Å²) in [5, 5.41) is 1.79. The van der Waals surface area contributed by atoms with Gasteiger partial charge in [0.15, 0.2) is 18.1 Å². The van der Waals surface area contributed by atoms with Crippen LogP contribution in [0.25, 0.3) is 0 Å². The van der Waals surface area contributed by atoms with Crippen LogP contribution in [0.4, 0.5) is 4.79 Å². The van der Waals surface area contributed by atoms with Gasteiger partial charge < -0.3 is 23.6 Å². The van der Waals surface area contributed by atoms with Crippen LogP contribution in [0.15, 0.2) is 13.6 Å². The minimum Gasteiger partial charge on any atom is -0.461 e. The first kappa shape index (κ1) is 23.2. The van der Waals surface area contributed by atoms with Crippen LogP contribution < -0.4 is 11.1 Å². The number of aryl methyl sites for hydroxylation is 1. The molecule has 0 spiro atoms. The highest BCUT2D eigenvalue weighted by Gasteiger charge is 2.30. The number of rotatable bonds is 8. The number of esters is 1. The molecule has 0 aromatic carbocycles. The highest BCUT2D eigenvalue weighted by atomic mass is 32.2. The van der Waals surface area contributed by atoms with Crippen molar-refractivity contribution in [2.75, 3.05) is 5.75 Å². The summed E-state index contributed by atoms with van der Waals surface area (Å²) in [7, 11) is 0. The Bertz CT molecular complexity index is 732. The normalized spacial score (nSPS) is 12.6. The summed E-state index contributed by atoms with van der Waals surface area (Å²) in [6, 6.07) is -1.06. The molecule has 1 aromatic rings. The van der Waals surface area contributed by atoms with E-state index in [2.05, 4.69) is 22.4 Å². The quantitative estimate of drug-likeness (QED) is 0.479. The van der Waals surface area contributed by atoms with Gasteiger partial charge in [0.25, 0.3) is 0 Å². The minimum atomic E-state index is -1.06. The van der Waals surface area contributed by atoms with E-state index in [1.165, 1.54) is 6.92 Å². The Kier molecular flexibility index (Phi) is 8.48. The lowest BCUT2D eigenvalue weighted by Crippen LogP contribution is -2.49. The van der Waals surface area contributed by atoms with E-state index in [1.807, 2.05) is 0 Å². The summed E-state index contributed by atoms with van der Waals surface area (Å²) in [6.07, 6.45) is -0.384. The standard InChI is InChI=1S/C16H23NO8S2/c1-8(2)23-12(18)10(17-13(19)16(4,5)26)7-27-15(21)22-6-11-9(3)24-14(20)25-11/h8,10,26H,6-7H2,1-5H3,(H,17,19)/t10-/m0/s1. The highest BCUT2D eigenvalue weighted by molar-refractivity contribution is 8.13. The van der Waals surface area contributed by atoms with Gasteiger partial charge in [0.05, 0.1) is 10.9 Å². The van der Waals surface area contributed by atoms with Crippen molar-refractivity contribution in [2.24, 2.45) is 0 Å². The molecule has 11 heteroatoms. The van der Waals surface area contributed by atoms with Crippen LogP contribution in [0.3, 0.4) is 0 Å². The molecule has 1 N–H and O–H groups in total. The summed E-state index contributed by atoms with van der Waals surface area (Å²) in [5.41, 5.74) is 0. The van der Waals surface area contributed by atoms with E-state index < -0.39 is 33.8 Å².